The fraction of sp³-hybridized carbons (Fsp3) is 0.286. The van der Waals surface area contributed by atoms with Gasteiger partial charge in [0.1, 0.15) is 0 Å². The molecular formula is C14H13N3O2S. The highest BCUT2D eigenvalue weighted by Gasteiger charge is 2.15. The average molecular weight is 287 g/mol. The smallest absolute Gasteiger partial charge is 0.258 e. The summed E-state index contributed by atoms with van der Waals surface area (Å²) in [6.07, 6.45) is 6.02. The molecule has 0 amide bonds. The number of fused-ring (bicyclic) bond motifs is 1. The van der Waals surface area contributed by atoms with Crippen LogP contribution in [-0.4, -0.2) is 16.1 Å². The monoisotopic (exact) mass is 287 g/mol. The van der Waals surface area contributed by atoms with Crippen molar-refractivity contribution in [2.24, 2.45) is 4.99 Å². The molecule has 5 nitrogen and oxygen atoms in total. The summed E-state index contributed by atoms with van der Waals surface area (Å²) in [5.74, 6) is 0. The standard InChI is InChI=1S/C14H13N3O2S/c18-17(19)12-7-3-1-5-10(12)9-15-14-16-11-6-2-4-8-13(11)20-14/h1,3,5,7,9H,2,4,6,8H2. The minimum absolute atomic E-state index is 0.0672. The van der Waals surface area contributed by atoms with Crippen molar-refractivity contribution in [3.05, 3.63) is 50.5 Å². The first-order valence-corrected chi connectivity index (χ1v) is 7.32. The van der Waals surface area contributed by atoms with E-state index in [9.17, 15) is 10.1 Å². The predicted octanol–water partition coefficient (Wildman–Crippen LogP) is 3.68. The average Bonchev–Trinajstić information content (AvgIpc) is 2.88. The number of nitrogens with zero attached hydrogens (tertiary/aromatic N) is 3. The summed E-state index contributed by atoms with van der Waals surface area (Å²) in [5.41, 5.74) is 1.72. The van der Waals surface area contributed by atoms with Crippen LogP contribution in [0.1, 0.15) is 29.0 Å². The Morgan fingerprint density at radius 2 is 2.10 bits per heavy atom. The van der Waals surface area contributed by atoms with Crippen molar-refractivity contribution in [1.29, 1.82) is 0 Å². The zero-order chi connectivity index (χ0) is 13.9. The van der Waals surface area contributed by atoms with Gasteiger partial charge in [0.25, 0.3) is 5.69 Å². The molecule has 0 atom stereocenters. The summed E-state index contributed by atoms with van der Waals surface area (Å²) in [7, 11) is 0. The molecule has 0 fully saturated rings. The number of hydrogen-bond acceptors (Lipinski definition) is 5. The van der Waals surface area contributed by atoms with Crippen molar-refractivity contribution in [2.45, 2.75) is 25.7 Å². The van der Waals surface area contributed by atoms with Crippen LogP contribution in [-0.2, 0) is 12.8 Å². The van der Waals surface area contributed by atoms with Crippen LogP contribution >= 0.6 is 11.3 Å². The van der Waals surface area contributed by atoms with Crippen LogP contribution in [0, 0.1) is 10.1 Å². The second kappa shape index (κ2) is 5.50. The van der Waals surface area contributed by atoms with Gasteiger partial charge in [-0.2, -0.15) is 0 Å². The van der Waals surface area contributed by atoms with E-state index in [0.29, 0.717) is 10.7 Å². The van der Waals surface area contributed by atoms with Crippen LogP contribution in [0.5, 0.6) is 0 Å². The van der Waals surface area contributed by atoms with E-state index in [0.717, 1.165) is 18.5 Å². The number of benzene rings is 1. The lowest BCUT2D eigenvalue weighted by Crippen LogP contribution is -1.98. The van der Waals surface area contributed by atoms with Crippen LogP contribution in [0.15, 0.2) is 29.3 Å². The second-order valence-electron chi connectivity index (χ2n) is 4.65. The van der Waals surface area contributed by atoms with Crippen LogP contribution in [0.2, 0.25) is 0 Å². The lowest BCUT2D eigenvalue weighted by molar-refractivity contribution is -0.385. The van der Waals surface area contributed by atoms with Crippen LogP contribution in [0.3, 0.4) is 0 Å². The summed E-state index contributed by atoms with van der Waals surface area (Å²) in [6, 6.07) is 6.59. The normalized spacial score (nSPS) is 14.4. The van der Waals surface area contributed by atoms with Gasteiger partial charge in [-0.05, 0) is 31.7 Å². The van der Waals surface area contributed by atoms with Gasteiger partial charge < -0.3 is 0 Å². The Labute approximate surface area is 120 Å². The van der Waals surface area contributed by atoms with Crippen molar-refractivity contribution >= 4 is 28.4 Å². The van der Waals surface area contributed by atoms with Gasteiger partial charge in [-0.3, -0.25) is 10.1 Å². The summed E-state index contributed by atoms with van der Waals surface area (Å²) in [5, 5.41) is 11.6. The third-order valence-electron chi connectivity index (χ3n) is 3.28. The Kier molecular flexibility index (Phi) is 3.56. The van der Waals surface area contributed by atoms with E-state index >= 15 is 0 Å². The number of aromatic nitrogens is 1. The number of para-hydroxylation sites is 1. The third-order valence-corrected chi connectivity index (χ3v) is 4.35. The second-order valence-corrected chi connectivity index (χ2v) is 5.71. The molecule has 2 aromatic rings. The number of thiazole rings is 1. The van der Waals surface area contributed by atoms with E-state index in [1.807, 2.05) is 0 Å². The van der Waals surface area contributed by atoms with Gasteiger partial charge in [0, 0.05) is 17.2 Å². The Morgan fingerprint density at radius 3 is 2.90 bits per heavy atom. The van der Waals surface area contributed by atoms with Gasteiger partial charge in [0.2, 0.25) is 5.13 Å². The molecule has 1 aliphatic rings. The molecule has 1 aliphatic carbocycles. The van der Waals surface area contributed by atoms with Gasteiger partial charge in [0.05, 0.1) is 16.2 Å². The van der Waals surface area contributed by atoms with E-state index in [2.05, 4.69) is 9.98 Å². The molecule has 1 aromatic heterocycles. The van der Waals surface area contributed by atoms with Crippen LogP contribution in [0.4, 0.5) is 10.8 Å². The fourth-order valence-electron chi connectivity index (χ4n) is 2.28. The molecule has 0 aliphatic heterocycles. The molecule has 0 saturated carbocycles. The number of aliphatic imine (C=N–C) groups is 1. The number of hydrogen-bond donors (Lipinski definition) is 0. The van der Waals surface area contributed by atoms with Crippen molar-refractivity contribution in [3.63, 3.8) is 0 Å². The summed E-state index contributed by atoms with van der Waals surface area (Å²) in [4.78, 5) is 20.6. The summed E-state index contributed by atoms with van der Waals surface area (Å²) >= 11 is 1.59. The summed E-state index contributed by atoms with van der Waals surface area (Å²) in [6.45, 7) is 0. The molecule has 0 bridgehead atoms. The Hall–Kier alpha value is -2.08. The highest BCUT2D eigenvalue weighted by atomic mass is 32.1. The van der Waals surface area contributed by atoms with E-state index < -0.39 is 4.92 Å². The fourth-order valence-corrected chi connectivity index (χ4v) is 3.27. The molecule has 0 radical (unpaired) electrons. The molecule has 1 heterocycles. The van der Waals surface area contributed by atoms with Gasteiger partial charge >= 0.3 is 0 Å². The van der Waals surface area contributed by atoms with E-state index in [1.165, 1.54) is 30.0 Å². The summed E-state index contributed by atoms with van der Waals surface area (Å²) < 4.78 is 0. The molecule has 1 aromatic carbocycles. The minimum atomic E-state index is -0.395. The Bertz CT molecular complexity index is 655. The van der Waals surface area contributed by atoms with Gasteiger partial charge in [-0.1, -0.05) is 23.5 Å². The highest BCUT2D eigenvalue weighted by molar-refractivity contribution is 7.15. The number of rotatable bonds is 3. The zero-order valence-corrected chi connectivity index (χ0v) is 11.6. The minimum Gasteiger partial charge on any atom is -0.258 e. The van der Waals surface area contributed by atoms with Crippen molar-refractivity contribution in [3.8, 4) is 0 Å². The Balaban J connectivity index is 1.87. The number of nitro benzene ring substituents is 1. The molecule has 0 unspecified atom stereocenters. The first-order valence-electron chi connectivity index (χ1n) is 6.50. The van der Waals surface area contributed by atoms with Gasteiger partial charge in [-0.25, -0.2) is 9.98 Å². The van der Waals surface area contributed by atoms with E-state index in [-0.39, 0.29) is 5.69 Å². The van der Waals surface area contributed by atoms with Crippen molar-refractivity contribution in [1.82, 2.24) is 4.98 Å². The molecule has 6 heteroatoms. The van der Waals surface area contributed by atoms with E-state index in [4.69, 9.17) is 0 Å². The molecule has 0 saturated heterocycles. The van der Waals surface area contributed by atoms with Gasteiger partial charge in [0.15, 0.2) is 0 Å². The van der Waals surface area contributed by atoms with Crippen LogP contribution in [0.25, 0.3) is 0 Å². The Morgan fingerprint density at radius 1 is 1.30 bits per heavy atom. The lowest BCUT2D eigenvalue weighted by Gasteiger charge is -2.06. The molecule has 0 spiro atoms. The quantitative estimate of drug-likeness (QED) is 0.491. The molecular weight excluding hydrogens is 274 g/mol. The predicted molar refractivity (Wildman–Crippen MR) is 79.1 cm³/mol. The van der Waals surface area contributed by atoms with Gasteiger partial charge in [-0.15, -0.1) is 0 Å². The third kappa shape index (κ3) is 2.60. The SMILES string of the molecule is O=[N+]([O-])c1ccccc1C=Nc1nc2c(s1)CCCC2. The number of aryl methyl sites for hydroxylation is 2. The lowest BCUT2D eigenvalue weighted by atomic mass is 10.0. The molecule has 0 N–H and O–H groups in total. The number of nitro groups is 1. The maximum Gasteiger partial charge on any atom is 0.278 e. The van der Waals surface area contributed by atoms with E-state index in [1.54, 1.807) is 29.5 Å². The topological polar surface area (TPSA) is 68.4 Å². The molecule has 102 valence electrons. The highest BCUT2D eigenvalue weighted by Crippen LogP contribution is 2.31. The first-order chi connectivity index (χ1) is 9.74. The molecule has 3 rings (SSSR count). The largest absolute Gasteiger partial charge is 0.278 e. The first kappa shape index (κ1) is 12.9. The zero-order valence-electron chi connectivity index (χ0n) is 10.8. The maximum atomic E-state index is 10.9. The van der Waals surface area contributed by atoms with Crippen LogP contribution < -0.4 is 0 Å². The van der Waals surface area contributed by atoms with Crippen molar-refractivity contribution < 1.29 is 4.92 Å². The molecule has 20 heavy (non-hydrogen) atoms. The maximum absolute atomic E-state index is 10.9. The van der Waals surface area contributed by atoms with Crippen molar-refractivity contribution in [2.75, 3.05) is 0 Å².